The molecular formula is C6H8N. The zero-order valence-electron chi connectivity index (χ0n) is 4.15. The molecule has 0 heterocycles. The van der Waals surface area contributed by atoms with Crippen LogP contribution in [0.4, 0.5) is 0 Å². The third kappa shape index (κ3) is 0.660. The Labute approximate surface area is 43.5 Å². The molecule has 2 N–H and O–H groups in total. The van der Waals surface area contributed by atoms with Crippen molar-refractivity contribution in [3.05, 3.63) is 30.3 Å². The molecule has 0 atom stereocenters. The maximum atomic E-state index is 5.41. The van der Waals surface area contributed by atoms with E-state index in [2.05, 4.69) is 6.92 Å². The largest absolute Gasteiger partial charge is 0.399 e. The second-order valence-corrected chi connectivity index (χ2v) is 1.67. The molecule has 0 aromatic heterocycles. The monoisotopic (exact) mass is 94.1 g/mol. The first-order valence-electron chi connectivity index (χ1n) is 2.28. The quantitative estimate of drug-likeness (QED) is 0.476. The Hall–Kier alpha value is -0.720. The first-order chi connectivity index (χ1) is 3.30. The lowest BCUT2D eigenvalue weighted by Crippen LogP contribution is -1.91. The Bertz CT molecular complexity index is 131. The van der Waals surface area contributed by atoms with Gasteiger partial charge < -0.3 is 5.73 Å². The summed E-state index contributed by atoms with van der Waals surface area (Å²) in [6.45, 7) is 3.71. The lowest BCUT2D eigenvalue weighted by Gasteiger charge is -1.87. The zero-order chi connectivity index (χ0) is 5.28. The van der Waals surface area contributed by atoms with Crippen LogP contribution in [0.1, 0.15) is 6.42 Å². The van der Waals surface area contributed by atoms with Crippen molar-refractivity contribution in [1.29, 1.82) is 0 Å². The van der Waals surface area contributed by atoms with Gasteiger partial charge in [0.25, 0.3) is 0 Å². The van der Waals surface area contributed by atoms with Gasteiger partial charge in [0.1, 0.15) is 0 Å². The average molecular weight is 94.1 g/mol. The van der Waals surface area contributed by atoms with Gasteiger partial charge in [-0.05, 0) is 25.0 Å². The third-order valence-electron chi connectivity index (χ3n) is 1.07. The van der Waals surface area contributed by atoms with Crippen LogP contribution >= 0.6 is 0 Å². The summed E-state index contributed by atoms with van der Waals surface area (Å²) < 4.78 is 0. The third-order valence-corrected chi connectivity index (χ3v) is 1.07. The standard InChI is InChI=1S/C6H8N/c1-5-3-2-4-6(5)7/h2,4H,1,3,7H2. The molecule has 1 aliphatic rings. The van der Waals surface area contributed by atoms with E-state index in [1.807, 2.05) is 12.2 Å². The molecule has 37 valence electrons. The SMILES string of the molecule is [CH2]C1=C(N)C=CC1. The van der Waals surface area contributed by atoms with E-state index in [4.69, 9.17) is 5.73 Å². The molecule has 0 aliphatic heterocycles. The Morgan fingerprint density at radius 2 is 2.43 bits per heavy atom. The van der Waals surface area contributed by atoms with Gasteiger partial charge in [-0.1, -0.05) is 6.08 Å². The van der Waals surface area contributed by atoms with Crippen molar-refractivity contribution >= 4 is 0 Å². The topological polar surface area (TPSA) is 26.0 Å². The van der Waals surface area contributed by atoms with Gasteiger partial charge >= 0.3 is 0 Å². The smallest absolute Gasteiger partial charge is 0.0306 e. The van der Waals surface area contributed by atoms with Crippen LogP contribution in [0.25, 0.3) is 0 Å². The molecule has 0 fully saturated rings. The van der Waals surface area contributed by atoms with Crippen molar-refractivity contribution < 1.29 is 0 Å². The lowest BCUT2D eigenvalue weighted by molar-refractivity contribution is 1.28. The van der Waals surface area contributed by atoms with E-state index in [1.165, 1.54) is 0 Å². The number of hydrogen-bond acceptors (Lipinski definition) is 1. The highest BCUT2D eigenvalue weighted by molar-refractivity contribution is 5.32. The maximum absolute atomic E-state index is 5.41. The van der Waals surface area contributed by atoms with Gasteiger partial charge in [0.05, 0.1) is 0 Å². The minimum absolute atomic E-state index is 0.833. The lowest BCUT2D eigenvalue weighted by atomic mass is 10.2. The van der Waals surface area contributed by atoms with E-state index in [-0.39, 0.29) is 0 Å². The molecule has 0 unspecified atom stereocenters. The molecule has 1 heteroatoms. The van der Waals surface area contributed by atoms with Crippen LogP contribution < -0.4 is 5.73 Å². The molecule has 0 aromatic rings. The van der Waals surface area contributed by atoms with E-state index in [0.717, 1.165) is 17.7 Å². The molecule has 7 heavy (non-hydrogen) atoms. The molecule has 1 rings (SSSR count). The van der Waals surface area contributed by atoms with E-state index in [9.17, 15) is 0 Å². The summed E-state index contributed by atoms with van der Waals surface area (Å²) in [5.41, 5.74) is 7.28. The van der Waals surface area contributed by atoms with Crippen LogP contribution in [0.3, 0.4) is 0 Å². The van der Waals surface area contributed by atoms with Gasteiger partial charge in [-0.3, -0.25) is 0 Å². The number of nitrogens with two attached hydrogens (primary N) is 1. The van der Waals surface area contributed by atoms with Crippen LogP contribution in [0.15, 0.2) is 23.4 Å². The minimum atomic E-state index is 0.833. The predicted molar refractivity (Wildman–Crippen MR) is 30.3 cm³/mol. The molecule has 0 amide bonds. The average Bonchev–Trinajstić information content (AvgIpc) is 1.91. The first kappa shape index (κ1) is 4.44. The van der Waals surface area contributed by atoms with E-state index >= 15 is 0 Å². The summed E-state index contributed by atoms with van der Waals surface area (Å²) >= 11 is 0. The Kier molecular flexibility index (Phi) is 0.895. The number of hydrogen-bond donors (Lipinski definition) is 1. The second kappa shape index (κ2) is 1.41. The van der Waals surface area contributed by atoms with Crippen LogP contribution in [0, 0.1) is 6.92 Å². The number of rotatable bonds is 0. The normalized spacial score (nSPS) is 19.0. The minimum Gasteiger partial charge on any atom is -0.399 e. The van der Waals surface area contributed by atoms with Crippen LogP contribution in [0.2, 0.25) is 0 Å². The molecule has 1 radical (unpaired) electrons. The molecular weight excluding hydrogens is 86.1 g/mol. The first-order valence-corrected chi connectivity index (χ1v) is 2.28. The maximum Gasteiger partial charge on any atom is 0.0306 e. The fraction of sp³-hybridized carbons (Fsp3) is 0.167. The highest BCUT2D eigenvalue weighted by atomic mass is 14.6. The molecule has 0 bridgehead atoms. The van der Waals surface area contributed by atoms with E-state index < -0.39 is 0 Å². The Morgan fingerprint density at radius 3 is 2.57 bits per heavy atom. The molecule has 0 saturated carbocycles. The second-order valence-electron chi connectivity index (χ2n) is 1.67. The summed E-state index contributed by atoms with van der Waals surface area (Å²) in [5.74, 6) is 0. The summed E-state index contributed by atoms with van der Waals surface area (Å²) in [5, 5.41) is 0. The molecule has 0 aromatic carbocycles. The van der Waals surface area contributed by atoms with Crippen molar-refractivity contribution in [1.82, 2.24) is 0 Å². The molecule has 1 aliphatic carbocycles. The van der Waals surface area contributed by atoms with Crippen molar-refractivity contribution in [3.8, 4) is 0 Å². The summed E-state index contributed by atoms with van der Waals surface area (Å²) in [7, 11) is 0. The van der Waals surface area contributed by atoms with Gasteiger partial charge in [0.15, 0.2) is 0 Å². The van der Waals surface area contributed by atoms with Crippen molar-refractivity contribution in [2.24, 2.45) is 5.73 Å². The van der Waals surface area contributed by atoms with Crippen molar-refractivity contribution in [2.45, 2.75) is 6.42 Å². The highest BCUT2D eigenvalue weighted by Gasteiger charge is 1.96. The van der Waals surface area contributed by atoms with E-state index in [0.29, 0.717) is 0 Å². The van der Waals surface area contributed by atoms with Gasteiger partial charge in [-0.2, -0.15) is 0 Å². The van der Waals surface area contributed by atoms with E-state index in [1.54, 1.807) is 0 Å². The summed E-state index contributed by atoms with van der Waals surface area (Å²) in [6, 6.07) is 0. The Balaban J connectivity index is 2.79. The van der Waals surface area contributed by atoms with Crippen molar-refractivity contribution in [3.63, 3.8) is 0 Å². The predicted octanol–water partition coefficient (Wildman–Crippen LogP) is 0.993. The van der Waals surface area contributed by atoms with Gasteiger partial charge in [0, 0.05) is 5.70 Å². The van der Waals surface area contributed by atoms with Gasteiger partial charge in [-0.15, -0.1) is 0 Å². The summed E-state index contributed by atoms with van der Waals surface area (Å²) in [4.78, 5) is 0. The van der Waals surface area contributed by atoms with Gasteiger partial charge in [0.2, 0.25) is 0 Å². The Morgan fingerprint density at radius 1 is 1.71 bits per heavy atom. The molecule has 0 spiro atoms. The van der Waals surface area contributed by atoms with Crippen LogP contribution in [-0.4, -0.2) is 0 Å². The van der Waals surface area contributed by atoms with Crippen LogP contribution in [0.5, 0.6) is 0 Å². The number of allylic oxidation sites excluding steroid dienone is 3. The van der Waals surface area contributed by atoms with Crippen LogP contribution in [-0.2, 0) is 0 Å². The summed E-state index contributed by atoms with van der Waals surface area (Å²) in [6.07, 6.45) is 4.84. The zero-order valence-corrected chi connectivity index (χ0v) is 4.15. The fourth-order valence-corrected chi connectivity index (χ4v) is 0.564. The fourth-order valence-electron chi connectivity index (χ4n) is 0.564. The van der Waals surface area contributed by atoms with Gasteiger partial charge in [-0.25, -0.2) is 0 Å². The molecule has 1 nitrogen and oxygen atoms in total. The highest BCUT2D eigenvalue weighted by Crippen LogP contribution is 2.11. The molecule has 0 saturated heterocycles. The van der Waals surface area contributed by atoms with Crippen molar-refractivity contribution in [2.75, 3.05) is 0 Å².